The van der Waals surface area contributed by atoms with Gasteiger partial charge in [-0.3, -0.25) is 9.59 Å². The topological polar surface area (TPSA) is 40.6 Å². The molecule has 2 fully saturated rings. The van der Waals surface area contributed by atoms with Crippen molar-refractivity contribution in [3.8, 4) is 0 Å². The molecule has 23 heavy (non-hydrogen) atoms. The summed E-state index contributed by atoms with van der Waals surface area (Å²) in [5, 5.41) is 0.536. The first-order valence-corrected chi connectivity index (χ1v) is 9.27. The van der Waals surface area contributed by atoms with E-state index in [4.69, 9.17) is 0 Å². The van der Waals surface area contributed by atoms with Gasteiger partial charge in [0, 0.05) is 47.8 Å². The molecule has 124 valence electrons. The first-order valence-electron chi connectivity index (χ1n) is 8.39. The van der Waals surface area contributed by atoms with Gasteiger partial charge in [-0.05, 0) is 37.1 Å². The Kier molecular flexibility index (Phi) is 4.95. The van der Waals surface area contributed by atoms with Gasteiger partial charge in [-0.1, -0.05) is 13.8 Å². The van der Waals surface area contributed by atoms with Gasteiger partial charge in [0.05, 0.1) is 0 Å². The number of carbonyl (C=O) groups is 2. The highest BCUT2D eigenvalue weighted by molar-refractivity contribution is 7.99. The Bertz CT molecular complexity index is 573. The highest BCUT2D eigenvalue weighted by Crippen LogP contribution is 2.31. The predicted molar refractivity (Wildman–Crippen MR) is 92.6 cm³/mol. The van der Waals surface area contributed by atoms with E-state index in [1.54, 1.807) is 11.8 Å². The second-order valence-electron chi connectivity index (χ2n) is 6.58. The van der Waals surface area contributed by atoms with E-state index in [1.807, 2.05) is 34.1 Å². The van der Waals surface area contributed by atoms with Crippen LogP contribution in [0.3, 0.4) is 0 Å². The van der Waals surface area contributed by atoms with Crippen molar-refractivity contribution < 1.29 is 9.59 Å². The van der Waals surface area contributed by atoms with Gasteiger partial charge in [0.1, 0.15) is 0 Å². The minimum Gasteiger partial charge on any atom is -0.339 e. The quantitative estimate of drug-likeness (QED) is 0.796. The van der Waals surface area contributed by atoms with Crippen LogP contribution in [-0.4, -0.2) is 53.0 Å². The van der Waals surface area contributed by atoms with Gasteiger partial charge in [-0.25, -0.2) is 0 Å². The molecule has 0 unspecified atom stereocenters. The van der Waals surface area contributed by atoms with Crippen LogP contribution in [0.2, 0.25) is 0 Å². The molecule has 3 rings (SSSR count). The van der Waals surface area contributed by atoms with Gasteiger partial charge in [0.15, 0.2) is 0 Å². The van der Waals surface area contributed by atoms with E-state index in [-0.39, 0.29) is 17.7 Å². The summed E-state index contributed by atoms with van der Waals surface area (Å²) < 4.78 is 0. The maximum atomic E-state index is 12.6. The van der Waals surface area contributed by atoms with Crippen molar-refractivity contribution in [2.75, 3.05) is 26.2 Å². The fraction of sp³-hybridized carbons (Fsp3) is 0.556. The van der Waals surface area contributed by atoms with Crippen molar-refractivity contribution in [3.05, 3.63) is 29.8 Å². The third kappa shape index (κ3) is 4.08. The normalized spacial score (nSPS) is 18.4. The summed E-state index contributed by atoms with van der Waals surface area (Å²) in [4.78, 5) is 29.6. The van der Waals surface area contributed by atoms with E-state index in [1.165, 1.54) is 4.90 Å². The molecule has 0 spiro atoms. The maximum Gasteiger partial charge on any atom is 0.253 e. The van der Waals surface area contributed by atoms with Gasteiger partial charge in [0.2, 0.25) is 5.91 Å². The monoisotopic (exact) mass is 332 g/mol. The summed E-state index contributed by atoms with van der Waals surface area (Å²) in [6, 6.07) is 7.86. The van der Waals surface area contributed by atoms with Crippen LogP contribution in [0.15, 0.2) is 29.2 Å². The van der Waals surface area contributed by atoms with Gasteiger partial charge < -0.3 is 9.80 Å². The summed E-state index contributed by atoms with van der Waals surface area (Å²) >= 11 is 1.80. The van der Waals surface area contributed by atoms with Crippen LogP contribution in [0.25, 0.3) is 0 Å². The number of hydrogen-bond acceptors (Lipinski definition) is 3. The average Bonchev–Trinajstić information content (AvgIpc) is 3.39. The summed E-state index contributed by atoms with van der Waals surface area (Å²) in [6.45, 7) is 6.93. The molecule has 0 bridgehead atoms. The molecule has 1 aromatic rings. The van der Waals surface area contributed by atoms with E-state index < -0.39 is 0 Å². The Balaban J connectivity index is 1.55. The van der Waals surface area contributed by atoms with E-state index in [2.05, 4.69) is 13.8 Å². The van der Waals surface area contributed by atoms with Crippen molar-refractivity contribution in [1.82, 2.24) is 9.80 Å². The fourth-order valence-electron chi connectivity index (χ4n) is 2.85. The van der Waals surface area contributed by atoms with Crippen LogP contribution in [0.4, 0.5) is 0 Å². The second-order valence-corrected chi connectivity index (χ2v) is 8.23. The number of thioether (sulfide) groups is 1. The van der Waals surface area contributed by atoms with Crippen LogP contribution in [0, 0.1) is 5.92 Å². The molecule has 1 saturated carbocycles. The molecule has 1 saturated heterocycles. The zero-order chi connectivity index (χ0) is 16.4. The SMILES string of the molecule is CC(C)Sc1ccc(C(=O)N2CCN(C(=O)C3CC3)CC2)cc1. The highest BCUT2D eigenvalue weighted by atomic mass is 32.2. The smallest absolute Gasteiger partial charge is 0.253 e. The largest absolute Gasteiger partial charge is 0.339 e. The number of amides is 2. The molecule has 1 aliphatic carbocycles. The van der Waals surface area contributed by atoms with E-state index >= 15 is 0 Å². The van der Waals surface area contributed by atoms with Gasteiger partial charge in [0.25, 0.3) is 5.91 Å². The molecule has 0 N–H and O–H groups in total. The van der Waals surface area contributed by atoms with Crippen LogP contribution in [-0.2, 0) is 4.79 Å². The van der Waals surface area contributed by atoms with Crippen LogP contribution < -0.4 is 0 Å². The van der Waals surface area contributed by atoms with Gasteiger partial charge in [-0.2, -0.15) is 0 Å². The first-order chi connectivity index (χ1) is 11.0. The second kappa shape index (κ2) is 6.95. The Morgan fingerprint density at radius 2 is 1.57 bits per heavy atom. The minimum absolute atomic E-state index is 0.0737. The highest BCUT2D eigenvalue weighted by Gasteiger charge is 2.35. The van der Waals surface area contributed by atoms with E-state index in [9.17, 15) is 9.59 Å². The molecule has 2 aliphatic rings. The average molecular weight is 332 g/mol. The van der Waals surface area contributed by atoms with Crippen molar-refractivity contribution >= 4 is 23.6 Å². The Morgan fingerprint density at radius 3 is 2.09 bits per heavy atom. The number of benzene rings is 1. The molecular formula is C18H24N2O2S. The molecule has 1 aromatic carbocycles. The summed E-state index contributed by atoms with van der Waals surface area (Å²) in [7, 11) is 0. The van der Waals surface area contributed by atoms with Crippen LogP contribution in [0.5, 0.6) is 0 Å². The lowest BCUT2D eigenvalue weighted by Crippen LogP contribution is -2.51. The molecule has 5 heteroatoms. The number of piperazine rings is 1. The standard InChI is InChI=1S/C18H24N2O2S/c1-13(2)23-16-7-5-15(6-8-16)18(22)20-11-9-19(10-12-20)17(21)14-3-4-14/h5-8,13-14H,3-4,9-12H2,1-2H3. The van der Waals surface area contributed by atoms with E-state index in [0.29, 0.717) is 31.4 Å². The molecule has 0 radical (unpaired) electrons. The maximum absolute atomic E-state index is 12.6. The Morgan fingerprint density at radius 1 is 1.00 bits per heavy atom. The molecular weight excluding hydrogens is 308 g/mol. The van der Waals surface area contributed by atoms with Crippen molar-refractivity contribution in [2.24, 2.45) is 5.92 Å². The zero-order valence-electron chi connectivity index (χ0n) is 13.8. The lowest BCUT2D eigenvalue weighted by molar-refractivity contribution is -0.134. The Labute approximate surface area is 142 Å². The molecule has 0 atom stereocenters. The Hall–Kier alpha value is -1.49. The number of carbonyl (C=O) groups excluding carboxylic acids is 2. The molecule has 2 amide bonds. The lowest BCUT2D eigenvalue weighted by atomic mass is 10.1. The number of nitrogens with zero attached hydrogens (tertiary/aromatic N) is 2. The van der Waals surface area contributed by atoms with Crippen molar-refractivity contribution in [1.29, 1.82) is 0 Å². The number of rotatable bonds is 4. The van der Waals surface area contributed by atoms with Gasteiger partial charge in [-0.15, -0.1) is 11.8 Å². The lowest BCUT2D eigenvalue weighted by Gasteiger charge is -2.35. The predicted octanol–water partition coefficient (Wildman–Crippen LogP) is 2.88. The minimum atomic E-state index is 0.0737. The molecule has 1 heterocycles. The van der Waals surface area contributed by atoms with Gasteiger partial charge >= 0.3 is 0 Å². The van der Waals surface area contributed by atoms with E-state index in [0.717, 1.165) is 18.4 Å². The van der Waals surface area contributed by atoms with Crippen LogP contribution in [0.1, 0.15) is 37.0 Å². The fourth-order valence-corrected chi connectivity index (χ4v) is 3.69. The van der Waals surface area contributed by atoms with Crippen LogP contribution >= 0.6 is 11.8 Å². The third-order valence-corrected chi connectivity index (χ3v) is 5.29. The molecule has 0 aromatic heterocycles. The number of hydrogen-bond donors (Lipinski definition) is 0. The zero-order valence-corrected chi connectivity index (χ0v) is 14.6. The summed E-state index contributed by atoms with van der Waals surface area (Å²) in [5.41, 5.74) is 0.736. The first kappa shape index (κ1) is 16.4. The van der Waals surface area contributed by atoms with Crippen molar-refractivity contribution in [3.63, 3.8) is 0 Å². The molecule has 1 aliphatic heterocycles. The summed E-state index contributed by atoms with van der Waals surface area (Å²) in [5.74, 6) is 0.625. The van der Waals surface area contributed by atoms with Crippen molar-refractivity contribution in [2.45, 2.75) is 36.8 Å². The molecule has 4 nitrogen and oxygen atoms in total. The summed E-state index contributed by atoms with van der Waals surface area (Å²) in [6.07, 6.45) is 2.08. The third-order valence-electron chi connectivity index (χ3n) is 4.28.